The van der Waals surface area contributed by atoms with Crippen LogP contribution in [0.3, 0.4) is 0 Å². The first-order valence-corrected chi connectivity index (χ1v) is 13.8. The summed E-state index contributed by atoms with van der Waals surface area (Å²) in [6.07, 6.45) is 0.701. The number of hydrogen-bond donors (Lipinski definition) is 1. The Morgan fingerprint density at radius 1 is 0.784 bits per heavy atom. The quantitative estimate of drug-likeness (QED) is 0.275. The summed E-state index contributed by atoms with van der Waals surface area (Å²) in [4.78, 5) is 13.8. The Bertz CT molecular complexity index is 1450. The molecule has 0 aliphatic heterocycles. The molecule has 0 heterocycles. The number of carbonyl (C=O) groups excluding carboxylic acids is 1. The Labute approximate surface area is 219 Å². The maximum Gasteiger partial charge on any atom is 0.264 e. The van der Waals surface area contributed by atoms with Crippen molar-refractivity contribution in [2.45, 2.75) is 44.7 Å². The van der Waals surface area contributed by atoms with Gasteiger partial charge in [0.25, 0.3) is 15.9 Å². The second-order valence-corrected chi connectivity index (χ2v) is 11.0. The molecule has 1 N–H and O–H groups in total. The molecule has 0 fully saturated rings. The molecule has 4 rings (SSSR count). The smallest absolute Gasteiger partial charge is 0.264 e. The third-order valence-electron chi connectivity index (χ3n) is 6.39. The van der Waals surface area contributed by atoms with E-state index in [1.165, 1.54) is 4.31 Å². The Balaban J connectivity index is 1.75. The molecule has 4 aromatic rings. The van der Waals surface area contributed by atoms with Crippen LogP contribution in [0.2, 0.25) is 0 Å². The molecule has 0 spiro atoms. The van der Waals surface area contributed by atoms with E-state index in [2.05, 4.69) is 5.32 Å². The maximum absolute atomic E-state index is 13.9. The van der Waals surface area contributed by atoms with Gasteiger partial charge in [-0.2, -0.15) is 0 Å². The Morgan fingerprint density at radius 2 is 1.35 bits per heavy atom. The van der Waals surface area contributed by atoms with Crippen molar-refractivity contribution in [2.24, 2.45) is 0 Å². The number of aryl methyl sites for hydroxylation is 2. The van der Waals surface area contributed by atoms with Gasteiger partial charge in [0.1, 0.15) is 0 Å². The van der Waals surface area contributed by atoms with Gasteiger partial charge in [0, 0.05) is 0 Å². The average molecular weight is 513 g/mol. The van der Waals surface area contributed by atoms with Gasteiger partial charge < -0.3 is 5.32 Å². The number of hydrogen-bond acceptors (Lipinski definition) is 3. The molecular weight excluding hydrogens is 480 g/mol. The van der Waals surface area contributed by atoms with Crippen molar-refractivity contribution in [1.82, 2.24) is 5.32 Å². The van der Waals surface area contributed by atoms with E-state index >= 15 is 0 Å². The fraction of sp³-hybridized carbons (Fsp3) is 0.194. The van der Waals surface area contributed by atoms with Crippen LogP contribution in [-0.2, 0) is 16.6 Å². The van der Waals surface area contributed by atoms with Crippen LogP contribution in [-0.4, -0.2) is 14.3 Å². The molecule has 0 unspecified atom stereocenters. The molecule has 37 heavy (non-hydrogen) atoms. The molecule has 6 heteroatoms. The van der Waals surface area contributed by atoms with Crippen LogP contribution < -0.4 is 9.62 Å². The molecule has 0 radical (unpaired) electrons. The second kappa shape index (κ2) is 11.4. The maximum atomic E-state index is 13.9. The summed E-state index contributed by atoms with van der Waals surface area (Å²) < 4.78 is 29.2. The molecular formula is C31H32N2O3S. The highest BCUT2D eigenvalue weighted by atomic mass is 32.2. The molecule has 1 atom stereocenters. The summed E-state index contributed by atoms with van der Waals surface area (Å²) >= 11 is 0. The average Bonchev–Trinajstić information content (AvgIpc) is 2.91. The van der Waals surface area contributed by atoms with Crippen molar-refractivity contribution in [2.75, 3.05) is 4.31 Å². The van der Waals surface area contributed by atoms with E-state index in [0.29, 0.717) is 17.7 Å². The fourth-order valence-electron chi connectivity index (χ4n) is 4.23. The number of amides is 1. The number of sulfonamides is 1. The van der Waals surface area contributed by atoms with Gasteiger partial charge in [-0.1, -0.05) is 96.9 Å². The first-order chi connectivity index (χ1) is 17.8. The minimum Gasteiger partial charge on any atom is -0.345 e. The van der Waals surface area contributed by atoms with Crippen LogP contribution in [0.15, 0.2) is 108 Å². The molecule has 0 aliphatic rings. The summed E-state index contributed by atoms with van der Waals surface area (Å²) in [5.74, 6) is -0.319. The summed E-state index contributed by atoms with van der Waals surface area (Å²) in [6, 6.07) is 30.9. The highest BCUT2D eigenvalue weighted by molar-refractivity contribution is 7.92. The summed E-state index contributed by atoms with van der Waals surface area (Å²) in [5, 5.41) is 3.12. The fourth-order valence-corrected chi connectivity index (χ4v) is 5.70. The molecule has 5 nitrogen and oxygen atoms in total. The number of rotatable bonds is 9. The minimum absolute atomic E-state index is 0.0938. The first kappa shape index (κ1) is 26.2. The van der Waals surface area contributed by atoms with Crippen LogP contribution in [0.25, 0.3) is 0 Å². The van der Waals surface area contributed by atoms with Crippen molar-refractivity contribution in [3.05, 3.63) is 131 Å². The Kier molecular flexibility index (Phi) is 8.09. The molecule has 0 aromatic heterocycles. The van der Waals surface area contributed by atoms with E-state index in [9.17, 15) is 13.2 Å². The summed E-state index contributed by atoms with van der Waals surface area (Å²) in [5.41, 5.74) is 4.58. The molecule has 1 amide bonds. The van der Waals surface area contributed by atoms with Crippen LogP contribution >= 0.6 is 0 Å². The number of benzene rings is 4. The molecule has 0 saturated carbocycles. The van der Waals surface area contributed by atoms with Crippen LogP contribution in [0, 0.1) is 13.8 Å². The van der Waals surface area contributed by atoms with Crippen molar-refractivity contribution >= 4 is 21.6 Å². The lowest BCUT2D eigenvalue weighted by molar-refractivity contribution is 0.0936. The monoisotopic (exact) mass is 512 g/mol. The summed E-state index contributed by atoms with van der Waals surface area (Å²) in [7, 11) is -3.96. The van der Waals surface area contributed by atoms with E-state index < -0.39 is 10.0 Å². The first-order valence-electron chi connectivity index (χ1n) is 12.4. The molecule has 0 aliphatic carbocycles. The van der Waals surface area contributed by atoms with Crippen molar-refractivity contribution in [3.8, 4) is 0 Å². The van der Waals surface area contributed by atoms with Gasteiger partial charge in [-0.15, -0.1) is 0 Å². The zero-order valence-corrected chi connectivity index (χ0v) is 22.2. The number of para-hydroxylation sites is 1. The topological polar surface area (TPSA) is 66.5 Å². The SMILES string of the molecule is CC[C@H](NC(=O)c1ccccc1N(Cc1ccccc1)S(=O)(=O)c1ccc(C)cc1)c1ccc(C)cc1. The predicted octanol–water partition coefficient (Wildman–Crippen LogP) is 6.58. The minimum atomic E-state index is -3.96. The van der Waals surface area contributed by atoms with E-state index in [-0.39, 0.29) is 23.4 Å². The predicted molar refractivity (Wildman–Crippen MR) is 149 cm³/mol. The van der Waals surface area contributed by atoms with E-state index in [0.717, 1.165) is 22.3 Å². The molecule has 0 bridgehead atoms. The van der Waals surface area contributed by atoms with Gasteiger partial charge in [0.15, 0.2) is 0 Å². The lowest BCUT2D eigenvalue weighted by atomic mass is 10.0. The molecule has 190 valence electrons. The molecule has 0 saturated heterocycles. The highest BCUT2D eigenvalue weighted by Crippen LogP contribution is 2.30. The Hall–Kier alpha value is -3.90. The number of carbonyl (C=O) groups is 1. The van der Waals surface area contributed by atoms with Crippen molar-refractivity contribution in [3.63, 3.8) is 0 Å². The number of nitrogens with one attached hydrogen (secondary N) is 1. The lowest BCUT2D eigenvalue weighted by Gasteiger charge is -2.27. The second-order valence-electron chi connectivity index (χ2n) is 9.17. The van der Waals surface area contributed by atoms with Crippen molar-refractivity contribution in [1.29, 1.82) is 0 Å². The van der Waals surface area contributed by atoms with Gasteiger partial charge in [0.05, 0.1) is 28.7 Å². The van der Waals surface area contributed by atoms with Crippen LogP contribution in [0.5, 0.6) is 0 Å². The van der Waals surface area contributed by atoms with Gasteiger partial charge in [-0.25, -0.2) is 8.42 Å². The lowest BCUT2D eigenvalue weighted by Crippen LogP contribution is -2.34. The number of nitrogens with zero attached hydrogens (tertiary/aromatic N) is 1. The highest BCUT2D eigenvalue weighted by Gasteiger charge is 2.29. The van der Waals surface area contributed by atoms with Gasteiger partial charge in [0.2, 0.25) is 0 Å². The number of anilines is 1. The van der Waals surface area contributed by atoms with Crippen LogP contribution in [0.1, 0.15) is 52.0 Å². The normalized spacial score (nSPS) is 12.1. The largest absolute Gasteiger partial charge is 0.345 e. The van der Waals surface area contributed by atoms with Gasteiger partial charge >= 0.3 is 0 Å². The van der Waals surface area contributed by atoms with Crippen LogP contribution in [0.4, 0.5) is 5.69 Å². The van der Waals surface area contributed by atoms with Gasteiger partial charge in [-0.3, -0.25) is 9.10 Å². The zero-order chi connectivity index (χ0) is 26.4. The Morgan fingerprint density at radius 3 is 1.97 bits per heavy atom. The van der Waals surface area contributed by atoms with Gasteiger partial charge in [-0.05, 0) is 55.7 Å². The van der Waals surface area contributed by atoms with Crippen molar-refractivity contribution < 1.29 is 13.2 Å². The summed E-state index contributed by atoms with van der Waals surface area (Å²) in [6.45, 7) is 6.04. The third kappa shape index (κ3) is 6.09. The van der Waals surface area contributed by atoms with E-state index in [4.69, 9.17) is 0 Å². The zero-order valence-electron chi connectivity index (χ0n) is 21.4. The van der Waals surface area contributed by atoms with E-state index in [1.807, 2.05) is 75.4 Å². The third-order valence-corrected chi connectivity index (χ3v) is 8.16. The van der Waals surface area contributed by atoms with E-state index in [1.54, 1.807) is 48.5 Å². The standard InChI is InChI=1S/C31H32N2O3S/c1-4-29(26-18-14-23(2)15-19-26)32-31(34)28-12-8-9-13-30(28)33(22-25-10-6-5-7-11-25)37(35,36)27-20-16-24(3)17-21-27/h5-21,29H,4,22H2,1-3H3,(H,32,34)/t29-/m0/s1. The molecule has 4 aromatic carbocycles.